The molecule has 3 aromatic rings. The number of nitrogens with one attached hydrogen (secondary N) is 2. The first-order valence-electron chi connectivity index (χ1n) is 9.94. The van der Waals surface area contributed by atoms with Crippen molar-refractivity contribution in [3.8, 4) is 11.5 Å². The molecule has 1 aromatic heterocycles. The fraction of sp³-hybridized carbons (Fsp3) is 0.261. The van der Waals surface area contributed by atoms with E-state index in [1.165, 1.54) is 18.9 Å². The second-order valence-electron chi connectivity index (χ2n) is 7.20. The minimum atomic E-state index is -0.383. The quantitative estimate of drug-likeness (QED) is 0.416. The number of carbonyl (C=O) groups is 2. The van der Waals surface area contributed by atoms with Crippen molar-refractivity contribution >= 4 is 38.9 Å². The highest BCUT2D eigenvalue weighted by Crippen LogP contribution is 2.37. The Morgan fingerprint density at radius 2 is 1.87 bits per heavy atom. The molecular formula is C23H23N3O4S. The molecular weight excluding hydrogens is 414 g/mol. The fourth-order valence-corrected chi connectivity index (χ4v) is 4.26. The van der Waals surface area contributed by atoms with Crippen LogP contribution in [0.5, 0.6) is 11.5 Å². The van der Waals surface area contributed by atoms with Gasteiger partial charge in [0.2, 0.25) is 0 Å². The number of thiophene rings is 1. The van der Waals surface area contributed by atoms with Crippen molar-refractivity contribution < 1.29 is 19.1 Å². The van der Waals surface area contributed by atoms with Crippen molar-refractivity contribution in [2.45, 2.75) is 12.8 Å². The molecule has 0 unspecified atom stereocenters. The van der Waals surface area contributed by atoms with Gasteiger partial charge in [0.15, 0.2) is 11.5 Å². The Balaban J connectivity index is 1.40. The lowest BCUT2D eigenvalue weighted by Gasteiger charge is -2.10. The average molecular weight is 438 g/mol. The maximum absolute atomic E-state index is 12.4. The predicted octanol–water partition coefficient (Wildman–Crippen LogP) is 3.58. The van der Waals surface area contributed by atoms with E-state index in [9.17, 15) is 9.59 Å². The molecule has 4 rings (SSSR count). The summed E-state index contributed by atoms with van der Waals surface area (Å²) < 4.78 is 11.6. The maximum atomic E-state index is 12.4. The standard InChI is InChI=1S/C23H23N3O4S/c1-29-18-10-9-15(11-19(18)30-2)23(28)24-12-21(27)25-26-22(14-7-8-14)17-13-31-20-6-4-3-5-16(17)20/h3-6,9-11,13-14H,7-8,12H2,1-2H3,(H,24,28)(H,25,27). The maximum Gasteiger partial charge on any atom is 0.259 e. The second kappa shape index (κ2) is 9.18. The Kier molecular flexibility index (Phi) is 6.18. The van der Waals surface area contributed by atoms with E-state index in [-0.39, 0.29) is 18.4 Å². The van der Waals surface area contributed by atoms with E-state index in [2.05, 4.69) is 33.4 Å². The number of fused-ring (bicyclic) bond motifs is 1. The van der Waals surface area contributed by atoms with Crippen molar-refractivity contribution in [2.75, 3.05) is 20.8 Å². The number of amides is 2. The third-order valence-corrected chi connectivity index (χ3v) is 6.04. The molecule has 0 bridgehead atoms. The number of benzene rings is 2. The van der Waals surface area contributed by atoms with Gasteiger partial charge in [0.1, 0.15) is 0 Å². The molecule has 8 heteroatoms. The Labute approximate surface area is 184 Å². The van der Waals surface area contributed by atoms with Crippen LogP contribution in [0.4, 0.5) is 0 Å². The van der Waals surface area contributed by atoms with Crippen molar-refractivity contribution in [3.63, 3.8) is 0 Å². The third-order valence-electron chi connectivity index (χ3n) is 5.08. The molecule has 0 radical (unpaired) electrons. The SMILES string of the molecule is COc1ccc(C(=O)NCC(=O)NN=C(c2csc3ccccc23)C2CC2)cc1OC. The first kappa shape index (κ1) is 20.9. The first-order chi connectivity index (χ1) is 15.1. The largest absolute Gasteiger partial charge is 0.493 e. The van der Waals surface area contributed by atoms with Gasteiger partial charge in [-0.1, -0.05) is 18.2 Å². The average Bonchev–Trinajstić information content (AvgIpc) is 3.56. The van der Waals surface area contributed by atoms with Gasteiger partial charge in [-0.25, -0.2) is 5.43 Å². The Morgan fingerprint density at radius 3 is 2.61 bits per heavy atom. The minimum Gasteiger partial charge on any atom is -0.493 e. The topological polar surface area (TPSA) is 89.0 Å². The van der Waals surface area contributed by atoms with Gasteiger partial charge in [-0.05, 0) is 37.1 Å². The highest BCUT2D eigenvalue weighted by molar-refractivity contribution is 7.17. The number of nitrogens with zero attached hydrogens (tertiary/aromatic N) is 1. The summed E-state index contributed by atoms with van der Waals surface area (Å²) in [5, 5.41) is 10.3. The summed E-state index contributed by atoms with van der Waals surface area (Å²) in [6.45, 7) is -0.182. The molecule has 2 aromatic carbocycles. The van der Waals surface area contributed by atoms with Gasteiger partial charge in [-0.2, -0.15) is 5.10 Å². The summed E-state index contributed by atoms with van der Waals surface area (Å²) in [4.78, 5) is 24.7. The van der Waals surface area contributed by atoms with Gasteiger partial charge in [0, 0.05) is 32.5 Å². The lowest BCUT2D eigenvalue weighted by molar-refractivity contribution is -0.120. The van der Waals surface area contributed by atoms with Gasteiger partial charge in [0.05, 0.1) is 26.5 Å². The number of ether oxygens (including phenoxy) is 2. The molecule has 7 nitrogen and oxygen atoms in total. The van der Waals surface area contributed by atoms with Crippen LogP contribution in [-0.2, 0) is 4.79 Å². The van der Waals surface area contributed by atoms with Crippen LogP contribution in [0.1, 0.15) is 28.8 Å². The summed E-state index contributed by atoms with van der Waals surface area (Å²) in [5.74, 6) is 0.568. The molecule has 1 fully saturated rings. The predicted molar refractivity (Wildman–Crippen MR) is 121 cm³/mol. The van der Waals surface area contributed by atoms with Crippen molar-refractivity contribution in [2.24, 2.45) is 11.0 Å². The van der Waals surface area contributed by atoms with Crippen LogP contribution in [0.15, 0.2) is 52.9 Å². The number of methoxy groups -OCH3 is 2. The van der Waals surface area contributed by atoms with E-state index in [0.29, 0.717) is 23.0 Å². The Hall–Kier alpha value is -3.39. The first-order valence-corrected chi connectivity index (χ1v) is 10.8. The monoisotopic (exact) mass is 437 g/mol. The third kappa shape index (κ3) is 4.69. The number of hydrazone groups is 1. The summed E-state index contributed by atoms with van der Waals surface area (Å²) in [6.07, 6.45) is 2.13. The zero-order chi connectivity index (χ0) is 21.8. The summed E-state index contributed by atoms with van der Waals surface area (Å²) in [6, 6.07) is 13.0. The van der Waals surface area contributed by atoms with Gasteiger partial charge in [0.25, 0.3) is 11.8 Å². The van der Waals surface area contributed by atoms with E-state index in [1.54, 1.807) is 29.5 Å². The van der Waals surface area contributed by atoms with Gasteiger partial charge >= 0.3 is 0 Å². The van der Waals surface area contributed by atoms with Crippen LogP contribution in [0, 0.1) is 5.92 Å². The van der Waals surface area contributed by atoms with Crippen molar-refractivity contribution in [1.82, 2.24) is 10.7 Å². The van der Waals surface area contributed by atoms with Crippen molar-refractivity contribution in [1.29, 1.82) is 0 Å². The number of hydrogen-bond acceptors (Lipinski definition) is 6. The molecule has 0 atom stereocenters. The van der Waals surface area contributed by atoms with E-state index in [4.69, 9.17) is 9.47 Å². The molecule has 2 amide bonds. The molecule has 1 aliphatic rings. The van der Waals surface area contributed by atoms with Crippen LogP contribution in [0.3, 0.4) is 0 Å². The highest BCUT2D eigenvalue weighted by atomic mass is 32.1. The molecule has 160 valence electrons. The van der Waals surface area contributed by atoms with Gasteiger partial charge in [-0.3, -0.25) is 9.59 Å². The molecule has 0 spiro atoms. The molecule has 1 aliphatic carbocycles. The summed E-state index contributed by atoms with van der Waals surface area (Å²) >= 11 is 1.67. The van der Waals surface area contributed by atoms with Gasteiger partial charge < -0.3 is 14.8 Å². The van der Waals surface area contributed by atoms with E-state index < -0.39 is 0 Å². The molecule has 2 N–H and O–H groups in total. The minimum absolute atomic E-state index is 0.182. The van der Waals surface area contributed by atoms with Crippen LogP contribution in [-0.4, -0.2) is 38.3 Å². The van der Waals surface area contributed by atoms with E-state index in [1.807, 2.05) is 12.1 Å². The molecule has 1 heterocycles. The highest BCUT2D eigenvalue weighted by Gasteiger charge is 2.30. The van der Waals surface area contributed by atoms with Gasteiger partial charge in [-0.15, -0.1) is 11.3 Å². The lowest BCUT2D eigenvalue weighted by Crippen LogP contribution is -2.35. The molecule has 0 aliphatic heterocycles. The van der Waals surface area contributed by atoms with Crippen LogP contribution in [0.25, 0.3) is 10.1 Å². The molecule has 0 saturated heterocycles. The summed E-state index contributed by atoms with van der Waals surface area (Å²) in [7, 11) is 3.02. The lowest BCUT2D eigenvalue weighted by atomic mass is 10.1. The van der Waals surface area contributed by atoms with Crippen LogP contribution >= 0.6 is 11.3 Å². The van der Waals surface area contributed by atoms with E-state index in [0.717, 1.165) is 29.5 Å². The van der Waals surface area contributed by atoms with Crippen molar-refractivity contribution in [3.05, 3.63) is 59.0 Å². The zero-order valence-corrected chi connectivity index (χ0v) is 18.1. The zero-order valence-electron chi connectivity index (χ0n) is 17.3. The van der Waals surface area contributed by atoms with E-state index >= 15 is 0 Å². The number of hydrogen-bond donors (Lipinski definition) is 2. The number of rotatable bonds is 8. The second-order valence-corrected chi connectivity index (χ2v) is 8.12. The molecule has 31 heavy (non-hydrogen) atoms. The number of carbonyl (C=O) groups excluding carboxylic acids is 2. The van der Waals surface area contributed by atoms with Crippen LogP contribution < -0.4 is 20.2 Å². The Bertz CT molecular complexity index is 1150. The smallest absolute Gasteiger partial charge is 0.259 e. The summed E-state index contributed by atoms with van der Waals surface area (Å²) in [5.41, 5.74) is 4.94. The molecule has 1 saturated carbocycles. The fourth-order valence-electron chi connectivity index (χ4n) is 3.31. The van der Waals surface area contributed by atoms with Crippen LogP contribution in [0.2, 0.25) is 0 Å². The normalized spacial score (nSPS) is 13.7. The Morgan fingerprint density at radius 1 is 1.10 bits per heavy atom.